The summed E-state index contributed by atoms with van der Waals surface area (Å²) in [5.41, 5.74) is 1.69. The zero-order chi connectivity index (χ0) is 10.6. The number of nitrogens with one attached hydrogen (secondary N) is 1. The van der Waals surface area contributed by atoms with Crippen LogP contribution in [0.1, 0.15) is 36.5 Å². The SMILES string of the molecule is Cc1nc(CCC#N)c(C(C)C#N)[nH]1. The number of imidazole rings is 1. The third-order valence-corrected chi connectivity index (χ3v) is 2.03. The Hall–Kier alpha value is -1.81. The van der Waals surface area contributed by atoms with E-state index in [1.807, 2.05) is 13.8 Å². The van der Waals surface area contributed by atoms with Crippen LogP contribution in [0.2, 0.25) is 0 Å². The zero-order valence-electron chi connectivity index (χ0n) is 8.33. The van der Waals surface area contributed by atoms with E-state index in [-0.39, 0.29) is 5.92 Å². The molecular formula is C10H12N4. The fourth-order valence-corrected chi connectivity index (χ4v) is 1.35. The minimum absolute atomic E-state index is 0.190. The van der Waals surface area contributed by atoms with Gasteiger partial charge in [0.25, 0.3) is 0 Å². The largest absolute Gasteiger partial charge is 0.345 e. The number of hydrogen-bond donors (Lipinski definition) is 1. The van der Waals surface area contributed by atoms with Gasteiger partial charge in [-0.2, -0.15) is 10.5 Å². The van der Waals surface area contributed by atoms with Crippen LogP contribution in [0.25, 0.3) is 0 Å². The molecule has 0 aliphatic heterocycles. The topological polar surface area (TPSA) is 76.3 Å². The van der Waals surface area contributed by atoms with E-state index in [4.69, 9.17) is 10.5 Å². The molecule has 1 aromatic rings. The van der Waals surface area contributed by atoms with Crippen LogP contribution in [-0.2, 0) is 6.42 Å². The lowest BCUT2D eigenvalue weighted by molar-refractivity contribution is 0.873. The minimum Gasteiger partial charge on any atom is -0.345 e. The van der Waals surface area contributed by atoms with Crippen molar-refractivity contribution in [1.29, 1.82) is 10.5 Å². The lowest BCUT2D eigenvalue weighted by Crippen LogP contribution is -1.96. The van der Waals surface area contributed by atoms with Gasteiger partial charge in [0.1, 0.15) is 5.82 Å². The average Bonchev–Trinajstić information content (AvgIpc) is 2.55. The third kappa shape index (κ3) is 2.11. The van der Waals surface area contributed by atoms with Crippen LogP contribution in [0.4, 0.5) is 0 Å². The first-order chi connectivity index (χ1) is 6.69. The molecule has 1 rings (SSSR count). The van der Waals surface area contributed by atoms with Gasteiger partial charge in [0.2, 0.25) is 0 Å². The molecule has 0 aliphatic carbocycles. The predicted molar refractivity (Wildman–Crippen MR) is 51.3 cm³/mol. The summed E-state index contributed by atoms with van der Waals surface area (Å²) < 4.78 is 0. The van der Waals surface area contributed by atoms with E-state index in [0.717, 1.165) is 17.2 Å². The van der Waals surface area contributed by atoms with Crippen LogP contribution in [0.5, 0.6) is 0 Å². The van der Waals surface area contributed by atoms with Crippen LogP contribution in [0, 0.1) is 29.6 Å². The molecule has 0 amide bonds. The summed E-state index contributed by atoms with van der Waals surface area (Å²) >= 11 is 0. The van der Waals surface area contributed by atoms with Crippen molar-refractivity contribution >= 4 is 0 Å². The van der Waals surface area contributed by atoms with Gasteiger partial charge >= 0.3 is 0 Å². The molecule has 0 saturated heterocycles. The Balaban J connectivity index is 2.93. The maximum Gasteiger partial charge on any atom is 0.103 e. The van der Waals surface area contributed by atoms with Crippen LogP contribution >= 0.6 is 0 Å². The van der Waals surface area contributed by atoms with E-state index in [9.17, 15) is 0 Å². The molecule has 0 aromatic carbocycles. The highest BCUT2D eigenvalue weighted by molar-refractivity contribution is 5.23. The number of aryl methyl sites for hydroxylation is 2. The standard InChI is InChI=1S/C10H12N4/c1-7(6-12)10-9(4-3-5-11)13-8(2)14-10/h7H,3-4H2,1-2H3,(H,13,14). The normalized spacial score (nSPS) is 11.7. The number of hydrogen-bond acceptors (Lipinski definition) is 3. The number of aromatic nitrogens is 2. The summed E-state index contributed by atoms with van der Waals surface area (Å²) in [6.45, 7) is 3.67. The maximum atomic E-state index is 8.78. The van der Waals surface area contributed by atoms with E-state index >= 15 is 0 Å². The second-order valence-electron chi connectivity index (χ2n) is 3.19. The Bertz CT molecular complexity index is 391. The first kappa shape index (κ1) is 10.3. The van der Waals surface area contributed by atoms with Crippen molar-refractivity contribution in [1.82, 2.24) is 9.97 Å². The molecule has 1 atom stereocenters. The fraction of sp³-hybridized carbons (Fsp3) is 0.500. The monoisotopic (exact) mass is 188 g/mol. The number of H-pyrrole nitrogens is 1. The first-order valence-corrected chi connectivity index (χ1v) is 4.51. The summed E-state index contributed by atoms with van der Waals surface area (Å²) in [4.78, 5) is 7.32. The van der Waals surface area contributed by atoms with E-state index in [1.165, 1.54) is 0 Å². The van der Waals surface area contributed by atoms with Crippen molar-refractivity contribution in [2.24, 2.45) is 0 Å². The second-order valence-corrected chi connectivity index (χ2v) is 3.19. The van der Waals surface area contributed by atoms with E-state index in [2.05, 4.69) is 22.1 Å². The molecule has 1 heterocycles. The van der Waals surface area contributed by atoms with Gasteiger partial charge in [-0.25, -0.2) is 4.98 Å². The summed E-state index contributed by atoms with van der Waals surface area (Å²) in [5, 5.41) is 17.3. The van der Waals surface area contributed by atoms with Gasteiger partial charge in [0.05, 0.1) is 29.4 Å². The summed E-state index contributed by atoms with van der Waals surface area (Å²) in [5.74, 6) is 0.611. The number of nitrogens with zero attached hydrogens (tertiary/aromatic N) is 3. The van der Waals surface area contributed by atoms with Crippen molar-refractivity contribution in [3.8, 4) is 12.1 Å². The van der Waals surface area contributed by atoms with Gasteiger partial charge in [-0.05, 0) is 13.8 Å². The fourth-order valence-electron chi connectivity index (χ4n) is 1.35. The molecule has 0 spiro atoms. The zero-order valence-corrected chi connectivity index (χ0v) is 8.33. The van der Waals surface area contributed by atoms with Gasteiger partial charge in [0.15, 0.2) is 0 Å². The van der Waals surface area contributed by atoms with Gasteiger partial charge < -0.3 is 4.98 Å². The molecule has 4 heteroatoms. The number of aromatic amines is 1. The van der Waals surface area contributed by atoms with Crippen molar-refractivity contribution in [2.45, 2.75) is 32.6 Å². The summed E-state index contributed by atoms with van der Waals surface area (Å²) in [7, 11) is 0. The van der Waals surface area contributed by atoms with Crippen LogP contribution in [-0.4, -0.2) is 9.97 Å². The maximum absolute atomic E-state index is 8.78. The Morgan fingerprint density at radius 3 is 2.79 bits per heavy atom. The van der Waals surface area contributed by atoms with E-state index in [0.29, 0.717) is 12.8 Å². The number of rotatable bonds is 3. The van der Waals surface area contributed by atoms with Crippen LogP contribution in [0.3, 0.4) is 0 Å². The van der Waals surface area contributed by atoms with Crippen molar-refractivity contribution in [2.75, 3.05) is 0 Å². The Labute approximate surface area is 83.2 Å². The van der Waals surface area contributed by atoms with Crippen molar-refractivity contribution < 1.29 is 0 Å². The summed E-state index contributed by atoms with van der Waals surface area (Å²) in [6.07, 6.45) is 1.05. The first-order valence-electron chi connectivity index (χ1n) is 4.51. The van der Waals surface area contributed by atoms with Crippen molar-refractivity contribution in [3.05, 3.63) is 17.2 Å². The predicted octanol–water partition coefficient (Wildman–Crippen LogP) is 1.80. The van der Waals surface area contributed by atoms with Gasteiger partial charge in [-0.1, -0.05) is 0 Å². The highest BCUT2D eigenvalue weighted by atomic mass is 14.9. The number of nitriles is 2. The molecule has 4 nitrogen and oxygen atoms in total. The molecule has 14 heavy (non-hydrogen) atoms. The smallest absolute Gasteiger partial charge is 0.103 e. The van der Waals surface area contributed by atoms with Crippen LogP contribution in [0.15, 0.2) is 0 Å². The molecule has 1 unspecified atom stereocenters. The van der Waals surface area contributed by atoms with E-state index in [1.54, 1.807) is 0 Å². The molecule has 1 N–H and O–H groups in total. The average molecular weight is 188 g/mol. The highest BCUT2D eigenvalue weighted by Crippen LogP contribution is 2.17. The van der Waals surface area contributed by atoms with Gasteiger partial charge in [-0.15, -0.1) is 0 Å². The molecular weight excluding hydrogens is 176 g/mol. The minimum atomic E-state index is -0.190. The van der Waals surface area contributed by atoms with Gasteiger partial charge in [0, 0.05) is 12.8 Å². The Morgan fingerprint density at radius 2 is 2.21 bits per heavy atom. The molecule has 0 bridgehead atoms. The molecule has 0 radical (unpaired) electrons. The molecule has 0 fully saturated rings. The Kier molecular flexibility index (Phi) is 3.25. The highest BCUT2D eigenvalue weighted by Gasteiger charge is 2.13. The lowest BCUT2D eigenvalue weighted by atomic mass is 10.1. The quantitative estimate of drug-likeness (QED) is 0.785. The van der Waals surface area contributed by atoms with Crippen molar-refractivity contribution in [3.63, 3.8) is 0 Å². The Morgan fingerprint density at radius 1 is 1.50 bits per heavy atom. The molecule has 1 aromatic heterocycles. The molecule has 72 valence electrons. The lowest BCUT2D eigenvalue weighted by Gasteiger charge is -2.00. The molecule has 0 saturated carbocycles. The molecule has 0 aliphatic rings. The third-order valence-electron chi connectivity index (χ3n) is 2.03. The van der Waals surface area contributed by atoms with Crippen LogP contribution < -0.4 is 0 Å². The summed E-state index contributed by atoms with van der Waals surface area (Å²) in [6, 6.07) is 4.23. The van der Waals surface area contributed by atoms with Gasteiger partial charge in [-0.3, -0.25) is 0 Å². The van der Waals surface area contributed by atoms with E-state index < -0.39 is 0 Å². The second kappa shape index (κ2) is 4.43.